The number of carbonyl (C=O) groups is 3. The maximum Gasteiger partial charge on any atom is 0.481 e. The molecule has 0 aromatic heterocycles. The highest BCUT2D eigenvalue weighted by atomic mass is 16.7. The van der Waals surface area contributed by atoms with Crippen molar-refractivity contribution in [1.29, 1.82) is 0 Å². The van der Waals surface area contributed by atoms with E-state index in [0.29, 0.717) is 12.3 Å². The van der Waals surface area contributed by atoms with Crippen LogP contribution in [0.5, 0.6) is 0 Å². The highest BCUT2D eigenvalue weighted by molar-refractivity contribution is 6.47. The Morgan fingerprint density at radius 3 is 2.31 bits per heavy atom. The molecule has 10 heteroatoms. The fourth-order valence-corrected chi connectivity index (χ4v) is 5.55. The lowest BCUT2D eigenvalue weighted by atomic mass is 9.62. The Bertz CT molecular complexity index is 784. The van der Waals surface area contributed by atoms with Crippen LogP contribution < -0.4 is 16.4 Å². The second-order valence-electron chi connectivity index (χ2n) is 12.5. The van der Waals surface area contributed by atoms with Crippen LogP contribution >= 0.6 is 0 Å². The third-order valence-electron chi connectivity index (χ3n) is 7.06. The van der Waals surface area contributed by atoms with Crippen molar-refractivity contribution in [2.45, 2.75) is 124 Å². The lowest BCUT2D eigenvalue weighted by Crippen LogP contribution is -2.56. The number of fused-ring (bicyclic) bond motifs is 1. The maximum atomic E-state index is 13.2. The minimum atomic E-state index is -1.17. The van der Waals surface area contributed by atoms with Gasteiger partial charge >= 0.3 is 13.2 Å². The molecule has 9 nitrogen and oxygen atoms in total. The van der Waals surface area contributed by atoms with Gasteiger partial charge in [0.2, 0.25) is 11.8 Å². The quantitative estimate of drug-likeness (QED) is 0.421. The highest BCUT2D eigenvalue weighted by Gasteiger charge is 2.57. The van der Waals surface area contributed by atoms with Crippen molar-refractivity contribution in [3.63, 3.8) is 0 Å². The van der Waals surface area contributed by atoms with Crippen LogP contribution in [0.15, 0.2) is 0 Å². The van der Waals surface area contributed by atoms with Gasteiger partial charge in [0, 0.05) is 0 Å². The first kappa shape index (κ1) is 29.4. The van der Waals surface area contributed by atoms with Crippen LogP contribution in [-0.2, 0) is 23.6 Å². The van der Waals surface area contributed by atoms with Crippen LogP contribution in [0.4, 0.5) is 4.79 Å². The molecule has 1 saturated heterocycles. The van der Waals surface area contributed by atoms with Gasteiger partial charge in [0.25, 0.3) is 0 Å². The van der Waals surface area contributed by atoms with Gasteiger partial charge < -0.3 is 30.4 Å². The molecule has 1 aliphatic heterocycles. The number of carbonyl (C=O) groups excluding carboxylic acids is 3. The zero-order chi connectivity index (χ0) is 26.8. The predicted molar refractivity (Wildman–Crippen MR) is 135 cm³/mol. The molecule has 0 spiro atoms. The molecule has 0 unspecified atom stereocenters. The van der Waals surface area contributed by atoms with Crippen molar-refractivity contribution in [3.05, 3.63) is 0 Å². The van der Waals surface area contributed by atoms with E-state index in [0.717, 1.165) is 19.3 Å². The molecular formula is C25H46BN3O6. The molecule has 200 valence electrons. The summed E-state index contributed by atoms with van der Waals surface area (Å²) >= 11 is 0. The first-order valence-electron chi connectivity index (χ1n) is 12.9. The minimum absolute atomic E-state index is 0.0571. The van der Waals surface area contributed by atoms with Crippen LogP contribution in [0, 0.1) is 17.3 Å². The molecule has 2 fully saturated rings. The van der Waals surface area contributed by atoms with E-state index >= 15 is 0 Å². The number of alkyl carbamates (subject to hydrolysis) is 1. The molecule has 35 heavy (non-hydrogen) atoms. The second kappa shape index (κ2) is 11.1. The standard InChI is InChI=1S/C25H46BN3O6/c1-10-16-12-18-25(9,14-24(16,7)8)35-26(34-18)19(11-15(2)3)29-21(31)17(13-20(27)30)28-22(32)33-23(4,5)6/h15-19H,10-14H2,1-9H3,(H2,27,30)(H,28,32)(H,29,31)/t16-,17-,18+,19-,25-/m0/s1. The summed E-state index contributed by atoms with van der Waals surface area (Å²) in [7, 11) is -0.626. The van der Waals surface area contributed by atoms with Crippen LogP contribution in [0.25, 0.3) is 0 Å². The summed E-state index contributed by atoms with van der Waals surface area (Å²) in [6, 6.07) is -1.17. The Kier molecular flexibility index (Phi) is 9.31. The zero-order valence-corrected chi connectivity index (χ0v) is 23.0. The van der Waals surface area contributed by atoms with E-state index in [1.807, 2.05) is 0 Å². The molecule has 1 heterocycles. The number of nitrogens with two attached hydrogens (primary N) is 1. The van der Waals surface area contributed by atoms with Gasteiger partial charge in [-0.05, 0) is 64.2 Å². The second-order valence-corrected chi connectivity index (χ2v) is 12.5. The third-order valence-corrected chi connectivity index (χ3v) is 7.06. The summed E-state index contributed by atoms with van der Waals surface area (Å²) < 4.78 is 18.2. The summed E-state index contributed by atoms with van der Waals surface area (Å²) in [5.41, 5.74) is 4.29. The van der Waals surface area contributed by atoms with Crippen LogP contribution in [0.1, 0.15) is 94.4 Å². The number of primary amides is 1. The van der Waals surface area contributed by atoms with E-state index < -0.39 is 48.2 Å². The van der Waals surface area contributed by atoms with E-state index in [1.54, 1.807) is 20.8 Å². The first-order valence-corrected chi connectivity index (χ1v) is 12.9. The summed E-state index contributed by atoms with van der Waals surface area (Å²) in [6.45, 7) is 18.1. The van der Waals surface area contributed by atoms with E-state index in [4.69, 9.17) is 19.8 Å². The number of nitrogens with one attached hydrogen (secondary N) is 2. The largest absolute Gasteiger partial charge is 0.481 e. The van der Waals surface area contributed by atoms with E-state index in [-0.39, 0.29) is 23.9 Å². The number of hydrogen-bond donors (Lipinski definition) is 3. The summed E-state index contributed by atoms with van der Waals surface area (Å²) in [5.74, 6) is -0.917. The lowest BCUT2D eigenvalue weighted by molar-refractivity contribution is -0.127. The molecule has 1 saturated carbocycles. The summed E-state index contributed by atoms with van der Waals surface area (Å²) in [4.78, 5) is 37.2. The molecule has 0 radical (unpaired) electrons. The Morgan fingerprint density at radius 2 is 1.80 bits per heavy atom. The van der Waals surface area contributed by atoms with Crippen molar-refractivity contribution in [2.75, 3.05) is 0 Å². The van der Waals surface area contributed by atoms with Gasteiger partial charge in [0.1, 0.15) is 11.6 Å². The Morgan fingerprint density at radius 1 is 1.17 bits per heavy atom. The van der Waals surface area contributed by atoms with Crippen molar-refractivity contribution < 1.29 is 28.4 Å². The Labute approximate surface area is 211 Å². The molecule has 0 bridgehead atoms. The molecule has 2 aliphatic rings. The molecule has 0 aromatic carbocycles. The summed E-state index contributed by atoms with van der Waals surface area (Å²) in [5, 5.41) is 5.45. The van der Waals surface area contributed by atoms with E-state index in [1.165, 1.54) is 0 Å². The number of hydrogen-bond acceptors (Lipinski definition) is 6. The van der Waals surface area contributed by atoms with Gasteiger partial charge in [-0.25, -0.2) is 4.79 Å². The van der Waals surface area contributed by atoms with Crippen LogP contribution in [-0.4, -0.2) is 54.3 Å². The minimum Gasteiger partial charge on any atom is -0.444 e. The fraction of sp³-hybridized carbons (Fsp3) is 0.880. The van der Waals surface area contributed by atoms with Gasteiger partial charge in [-0.2, -0.15) is 0 Å². The van der Waals surface area contributed by atoms with E-state index in [2.05, 4.69) is 52.2 Å². The van der Waals surface area contributed by atoms with Gasteiger partial charge in [-0.15, -0.1) is 0 Å². The molecule has 5 atom stereocenters. The maximum absolute atomic E-state index is 13.2. The van der Waals surface area contributed by atoms with Gasteiger partial charge in [-0.1, -0.05) is 41.0 Å². The number of amides is 3. The predicted octanol–water partition coefficient (Wildman–Crippen LogP) is 3.33. The molecular weight excluding hydrogens is 449 g/mol. The molecule has 3 amide bonds. The molecule has 1 aliphatic carbocycles. The van der Waals surface area contributed by atoms with Gasteiger partial charge in [0.05, 0.1) is 24.1 Å². The van der Waals surface area contributed by atoms with E-state index in [9.17, 15) is 14.4 Å². The smallest absolute Gasteiger partial charge is 0.444 e. The molecule has 0 aromatic rings. The Hall–Kier alpha value is -1.81. The highest BCUT2D eigenvalue weighted by Crippen LogP contribution is 2.51. The van der Waals surface area contributed by atoms with Crippen molar-refractivity contribution >= 4 is 25.0 Å². The summed E-state index contributed by atoms with van der Waals surface area (Å²) in [6.07, 6.45) is 2.26. The SMILES string of the molecule is CC[C@H]1C[C@H]2OB([C@H](CC(C)C)NC(=O)[C@H](CC(N)=O)NC(=O)OC(C)(C)C)O[C@@]2(C)CC1(C)C. The zero-order valence-electron chi connectivity index (χ0n) is 23.0. The fourth-order valence-electron chi connectivity index (χ4n) is 5.55. The third kappa shape index (κ3) is 8.10. The van der Waals surface area contributed by atoms with Gasteiger partial charge in [0.15, 0.2) is 0 Å². The average Bonchev–Trinajstić information content (AvgIpc) is 2.98. The average molecular weight is 495 g/mol. The van der Waals surface area contributed by atoms with Crippen molar-refractivity contribution in [1.82, 2.24) is 10.6 Å². The first-order chi connectivity index (χ1) is 16.0. The van der Waals surface area contributed by atoms with Crippen LogP contribution in [0.2, 0.25) is 0 Å². The normalized spacial score (nSPS) is 27.7. The van der Waals surface area contributed by atoms with Gasteiger partial charge in [-0.3, -0.25) is 9.59 Å². The monoisotopic (exact) mass is 495 g/mol. The number of ether oxygens (including phenoxy) is 1. The van der Waals surface area contributed by atoms with Crippen molar-refractivity contribution in [2.24, 2.45) is 23.0 Å². The lowest BCUT2D eigenvalue weighted by Gasteiger charge is -2.48. The molecule has 2 rings (SSSR count). The number of rotatable bonds is 9. The molecule has 4 N–H and O–H groups in total. The van der Waals surface area contributed by atoms with Crippen LogP contribution in [0.3, 0.4) is 0 Å². The Balaban J connectivity index is 2.18. The topological polar surface area (TPSA) is 129 Å². The van der Waals surface area contributed by atoms with Crippen molar-refractivity contribution in [3.8, 4) is 0 Å².